The molecule has 6 nitrogen and oxygen atoms in total. The number of carbonyl (C=O) groups excluding carboxylic acids is 2. The Bertz CT molecular complexity index is 529. The Morgan fingerprint density at radius 2 is 1.42 bits per heavy atom. The van der Waals surface area contributed by atoms with E-state index in [-0.39, 0.29) is 30.2 Å². The highest BCUT2D eigenvalue weighted by Gasteiger charge is 2.46. The molecule has 3 fully saturated rings. The van der Waals surface area contributed by atoms with E-state index in [9.17, 15) is 19.5 Å². The lowest BCUT2D eigenvalue weighted by Crippen LogP contribution is -2.46. The molecule has 0 radical (unpaired) electrons. The Morgan fingerprint density at radius 1 is 0.875 bits per heavy atom. The Balaban J connectivity index is 1.70. The van der Waals surface area contributed by atoms with E-state index in [0.29, 0.717) is 13.0 Å². The number of carboxylic acid groups (broad SMARTS) is 1. The summed E-state index contributed by atoms with van der Waals surface area (Å²) in [7, 11) is 0. The van der Waals surface area contributed by atoms with E-state index in [0.717, 1.165) is 51.6 Å². The maximum absolute atomic E-state index is 13.0. The third-order valence-electron chi connectivity index (χ3n) is 6.12. The van der Waals surface area contributed by atoms with Crippen molar-refractivity contribution in [3.05, 3.63) is 0 Å². The van der Waals surface area contributed by atoms with Crippen LogP contribution >= 0.6 is 0 Å². The van der Waals surface area contributed by atoms with Crippen LogP contribution in [0.25, 0.3) is 0 Å². The van der Waals surface area contributed by atoms with Crippen molar-refractivity contribution in [3.63, 3.8) is 0 Å². The summed E-state index contributed by atoms with van der Waals surface area (Å²) in [5, 5.41) is 9.37. The standard InChI is InChI=1S/C18H28N2O4/c1-18(17(23)24)8-11-20(12-18)16(22)14-7-3-2-6-13(14)15(21)19-9-4-5-10-19/h13-14H,2-12H2,1H3,(H,23,24). The third-order valence-corrected chi connectivity index (χ3v) is 6.12. The lowest BCUT2D eigenvalue weighted by molar-refractivity contribution is -0.150. The van der Waals surface area contributed by atoms with Crippen LogP contribution in [0.1, 0.15) is 51.9 Å². The average molecular weight is 336 g/mol. The predicted octanol–water partition coefficient (Wildman–Crippen LogP) is 1.74. The van der Waals surface area contributed by atoms with E-state index >= 15 is 0 Å². The molecular weight excluding hydrogens is 308 g/mol. The number of hydrogen-bond donors (Lipinski definition) is 1. The van der Waals surface area contributed by atoms with Gasteiger partial charge in [-0.15, -0.1) is 0 Å². The SMILES string of the molecule is CC1(C(=O)O)CCN(C(=O)C2CCCCC2C(=O)N2CCCC2)C1. The van der Waals surface area contributed by atoms with Gasteiger partial charge in [0.15, 0.2) is 0 Å². The average Bonchev–Trinajstić information content (AvgIpc) is 3.24. The van der Waals surface area contributed by atoms with Crippen LogP contribution in [0.2, 0.25) is 0 Å². The van der Waals surface area contributed by atoms with Crippen LogP contribution in [0.3, 0.4) is 0 Å². The molecule has 2 aliphatic heterocycles. The number of amides is 2. The monoisotopic (exact) mass is 336 g/mol. The minimum atomic E-state index is -0.848. The summed E-state index contributed by atoms with van der Waals surface area (Å²) in [5.74, 6) is -1.17. The molecule has 2 saturated heterocycles. The van der Waals surface area contributed by atoms with Gasteiger partial charge in [-0.05, 0) is 39.0 Å². The summed E-state index contributed by atoms with van der Waals surface area (Å²) in [4.78, 5) is 40.9. The van der Waals surface area contributed by atoms with Crippen molar-refractivity contribution >= 4 is 17.8 Å². The van der Waals surface area contributed by atoms with Crippen LogP contribution in [-0.4, -0.2) is 58.9 Å². The number of rotatable bonds is 3. The molecule has 1 aliphatic carbocycles. The zero-order valence-electron chi connectivity index (χ0n) is 14.5. The fourth-order valence-corrected chi connectivity index (χ4v) is 4.45. The molecule has 3 unspecified atom stereocenters. The molecule has 0 aromatic rings. The summed E-state index contributed by atoms with van der Waals surface area (Å²) in [6.07, 6.45) is 6.12. The molecule has 1 N–H and O–H groups in total. The van der Waals surface area contributed by atoms with E-state index < -0.39 is 11.4 Å². The lowest BCUT2D eigenvalue weighted by atomic mass is 9.77. The van der Waals surface area contributed by atoms with Crippen LogP contribution in [0, 0.1) is 17.3 Å². The Morgan fingerprint density at radius 3 is 1.92 bits per heavy atom. The van der Waals surface area contributed by atoms with Gasteiger partial charge in [0, 0.05) is 38.0 Å². The normalized spacial score (nSPS) is 33.7. The summed E-state index contributed by atoms with van der Waals surface area (Å²) in [5.41, 5.74) is -0.848. The maximum Gasteiger partial charge on any atom is 0.311 e. The molecule has 6 heteroatoms. The molecule has 2 amide bonds. The van der Waals surface area contributed by atoms with E-state index in [1.807, 2.05) is 4.90 Å². The second-order valence-corrected chi connectivity index (χ2v) is 7.91. The Labute approximate surface area is 143 Å². The van der Waals surface area contributed by atoms with Crippen molar-refractivity contribution in [3.8, 4) is 0 Å². The molecule has 134 valence electrons. The van der Waals surface area contributed by atoms with Gasteiger partial charge in [0.05, 0.1) is 5.41 Å². The smallest absolute Gasteiger partial charge is 0.311 e. The van der Waals surface area contributed by atoms with E-state index in [4.69, 9.17) is 0 Å². The van der Waals surface area contributed by atoms with Gasteiger partial charge in [-0.25, -0.2) is 0 Å². The van der Waals surface area contributed by atoms with Gasteiger partial charge < -0.3 is 14.9 Å². The minimum Gasteiger partial charge on any atom is -0.481 e. The largest absolute Gasteiger partial charge is 0.481 e. The van der Waals surface area contributed by atoms with Crippen molar-refractivity contribution in [2.45, 2.75) is 51.9 Å². The first-order valence-electron chi connectivity index (χ1n) is 9.23. The number of carboxylic acids is 1. The van der Waals surface area contributed by atoms with Gasteiger partial charge in [-0.1, -0.05) is 12.8 Å². The van der Waals surface area contributed by atoms with Crippen molar-refractivity contribution in [1.82, 2.24) is 9.80 Å². The molecule has 24 heavy (non-hydrogen) atoms. The molecule has 0 spiro atoms. The molecule has 0 aromatic heterocycles. The van der Waals surface area contributed by atoms with Crippen molar-refractivity contribution in [2.75, 3.05) is 26.2 Å². The van der Waals surface area contributed by atoms with Crippen LogP contribution in [-0.2, 0) is 14.4 Å². The van der Waals surface area contributed by atoms with E-state index in [1.54, 1.807) is 11.8 Å². The van der Waals surface area contributed by atoms with Gasteiger partial charge in [0.25, 0.3) is 0 Å². The number of hydrogen-bond acceptors (Lipinski definition) is 3. The fraction of sp³-hybridized carbons (Fsp3) is 0.833. The summed E-state index contributed by atoms with van der Waals surface area (Å²) in [6.45, 7) is 4.09. The Hall–Kier alpha value is -1.59. The highest BCUT2D eigenvalue weighted by atomic mass is 16.4. The molecule has 3 aliphatic rings. The zero-order chi connectivity index (χ0) is 17.3. The van der Waals surface area contributed by atoms with Crippen molar-refractivity contribution < 1.29 is 19.5 Å². The highest BCUT2D eigenvalue weighted by molar-refractivity contribution is 5.89. The molecule has 0 bridgehead atoms. The first kappa shape index (κ1) is 17.2. The summed E-state index contributed by atoms with van der Waals surface area (Å²) in [6, 6.07) is 0. The van der Waals surface area contributed by atoms with Crippen LogP contribution < -0.4 is 0 Å². The molecule has 2 heterocycles. The second kappa shape index (κ2) is 6.73. The number of likely N-dealkylation sites (tertiary alicyclic amines) is 2. The maximum atomic E-state index is 13.0. The van der Waals surface area contributed by atoms with Gasteiger partial charge in [0.2, 0.25) is 11.8 Å². The van der Waals surface area contributed by atoms with Gasteiger partial charge >= 0.3 is 5.97 Å². The van der Waals surface area contributed by atoms with Crippen LogP contribution in [0.15, 0.2) is 0 Å². The Kier molecular flexibility index (Phi) is 4.83. The first-order valence-corrected chi connectivity index (χ1v) is 9.23. The summed E-state index contributed by atoms with van der Waals surface area (Å²) >= 11 is 0. The van der Waals surface area contributed by atoms with Crippen molar-refractivity contribution in [1.29, 1.82) is 0 Å². The molecule has 0 aromatic carbocycles. The second-order valence-electron chi connectivity index (χ2n) is 7.91. The zero-order valence-corrected chi connectivity index (χ0v) is 14.5. The highest BCUT2D eigenvalue weighted by Crippen LogP contribution is 2.37. The number of aliphatic carboxylic acids is 1. The first-order chi connectivity index (χ1) is 11.4. The predicted molar refractivity (Wildman–Crippen MR) is 88.2 cm³/mol. The van der Waals surface area contributed by atoms with Crippen LogP contribution in [0.4, 0.5) is 0 Å². The molecule has 3 rings (SSSR count). The molecule has 3 atom stereocenters. The van der Waals surface area contributed by atoms with Crippen LogP contribution in [0.5, 0.6) is 0 Å². The van der Waals surface area contributed by atoms with E-state index in [1.165, 1.54) is 0 Å². The number of nitrogens with zero attached hydrogens (tertiary/aromatic N) is 2. The minimum absolute atomic E-state index is 0.00257. The lowest BCUT2D eigenvalue weighted by Gasteiger charge is -2.34. The van der Waals surface area contributed by atoms with Crippen molar-refractivity contribution in [2.24, 2.45) is 17.3 Å². The van der Waals surface area contributed by atoms with E-state index in [2.05, 4.69) is 0 Å². The van der Waals surface area contributed by atoms with Gasteiger partial charge in [-0.2, -0.15) is 0 Å². The van der Waals surface area contributed by atoms with Gasteiger partial charge in [-0.3, -0.25) is 14.4 Å². The molecular formula is C18H28N2O4. The summed E-state index contributed by atoms with van der Waals surface area (Å²) < 4.78 is 0. The van der Waals surface area contributed by atoms with Gasteiger partial charge in [0.1, 0.15) is 0 Å². The third kappa shape index (κ3) is 3.15. The quantitative estimate of drug-likeness (QED) is 0.851. The molecule has 1 saturated carbocycles. The fourth-order valence-electron chi connectivity index (χ4n) is 4.45. The topological polar surface area (TPSA) is 77.9 Å². The number of carbonyl (C=O) groups is 3.